The van der Waals surface area contributed by atoms with Crippen molar-refractivity contribution in [2.45, 2.75) is 51.5 Å². The van der Waals surface area contributed by atoms with E-state index >= 15 is 0 Å². The summed E-state index contributed by atoms with van der Waals surface area (Å²) in [5, 5.41) is 3.08. The molecule has 1 N–H and O–H groups in total. The Morgan fingerprint density at radius 2 is 2.00 bits per heavy atom. The molecule has 0 fully saturated rings. The van der Waals surface area contributed by atoms with E-state index in [0.717, 1.165) is 39.0 Å². The fourth-order valence-electron chi connectivity index (χ4n) is 3.59. The number of allylic oxidation sites excluding steroid dienone is 1. The third kappa shape index (κ3) is 4.93. The van der Waals surface area contributed by atoms with Gasteiger partial charge in [0.2, 0.25) is 5.91 Å². The lowest BCUT2D eigenvalue weighted by Crippen LogP contribution is -2.34. The number of nitrogens with zero attached hydrogens (tertiary/aromatic N) is 1. The smallest absolute Gasteiger partial charge is 0.221 e. The Kier molecular flexibility index (Phi) is 5.87. The van der Waals surface area contributed by atoms with E-state index in [2.05, 4.69) is 40.6 Å². The predicted molar refractivity (Wildman–Crippen MR) is 94.2 cm³/mol. The fourth-order valence-corrected chi connectivity index (χ4v) is 3.59. The van der Waals surface area contributed by atoms with Crippen LogP contribution >= 0.6 is 0 Å². The minimum atomic E-state index is 0.195. The van der Waals surface area contributed by atoms with E-state index in [9.17, 15) is 4.79 Å². The van der Waals surface area contributed by atoms with Gasteiger partial charge in [-0.15, -0.1) is 0 Å². The highest BCUT2D eigenvalue weighted by molar-refractivity contribution is 5.76. The van der Waals surface area contributed by atoms with Gasteiger partial charge in [-0.3, -0.25) is 9.69 Å². The standard InChI is InChI=1S/C20H28N2O/c23-20(21-13-10-17-6-2-1-3-7-17)12-15-22-14-11-18-8-4-5-9-19(18)16-22/h4-6,8-9H,1-3,7,10-16H2,(H,21,23). The highest BCUT2D eigenvalue weighted by atomic mass is 16.1. The summed E-state index contributed by atoms with van der Waals surface area (Å²) in [7, 11) is 0. The molecule has 3 rings (SSSR count). The Labute approximate surface area is 139 Å². The first-order valence-electron chi connectivity index (χ1n) is 9.05. The van der Waals surface area contributed by atoms with Crippen LogP contribution in [0.5, 0.6) is 0 Å². The SMILES string of the molecule is O=C(CCN1CCc2ccccc2C1)NCCC1=CCCCC1. The van der Waals surface area contributed by atoms with Crippen LogP contribution in [0.3, 0.4) is 0 Å². The maximum absolute atomic E-state index is 12.0. The third-order valence-corrected chi connectivity index (χ3v) is 5.02. The van der Waals surface area contributed by atoms with Crippen LogP contribution in [0.25, 0.3) is 0 Å². The zero-order valence-corrected chi connectivity index (χ0v) is 14.0. The van der Waals surface area contributed by atoms with Crippen LogP contribution in [-0.2, 0) is 17.8 Å². The highest BCUT2D eigenvalue weighted by Crippen LogP contribution is 2.20. The summed E-state index contributed by atoms with van der Waals surface area (Å²) in [6, 6.07) is 8.65. The van der Waals surface area contributed by atoms with Crippen LogP contribution in [0.2, 0.25) is 0 Å². The number of benzene rings is 1. The van der Waals surface area contributed by atoms with E-state index in [1.54, 1.807) is 0 Å². The molecule has 23 heavy (non-hydrogen) atoms. The molecule has 0 bridgehead atoms. The van der Waals surface area contributed by atoms with Gasteiger partial charge in [-0.1, -0.05) is 35.9 Å². The minimum absolute atomic E-state index is 0.195. The van der Waals surface area contributed by atoms with Crippen molar-refractivity contribution in [1.29, 1.82) is 0 Å². The van der Waals surface area contributed by atoms with E-state index in [1.807, 2.05) is 0 Å². The van der Waals surface area contributed by atoms with Crippen molar-refractivity contribution in [2.75, 3.05) is 19.6 Å². The number of amides is 1. The first kappa shape index (κ1) is 16.3. The number of hydrogen-bond donors (Lipinski definition) is 1. The molecule has 0 aromatic heterocycles. The van der Waals surface area contributed by atoms with Gasteiger partial charge in [0.1, 0.15) is 0 Å². The van der Waals surface area contributed by atoms with Crippen molar-refractivity contribution >= 4 is 5.91 Å². The molecule has 1 aliphatic heterocycles. The lowest BCUT2D eigenvalue weighted by molar-refractivity contribution is -0.121. The van der Waals surface area contributed by atoms with Crippen LogP contribution in [0.15, 0.2) is 35.9 Å². The van der Waals surface area contributed by atoms with Crippen LogP contribution in [-0.4, -0.2) is 30.4 Å². The molecule has 0 saturated heterocycles. The van der Waals surface area contributed by atoms with Gasteiger partial charge in [-0.05, 0) is 49.7 Å². The Balaban J connectivity index is 1.34. The van der Waals surface area contributed by atoms with Crippen LogP contribution in [0.4, 0.5) is 0 Å². The van der Waals surface area contributed by atoms with E-state index in [-0.39, 0.29) is 5.91 Å². The Hall–Kier alpha value is -1.61. The normalized spacial score (nSPS) is 18.2. The van der Waals surface area contributed by atoms with Crippen LogP contribution in [0.1, 0.15) is 49.7 Å². The average molecular weight is 312 g/mol. The molecule has 3 heteroatoms. The molecule has 0 saturated carbocycles. The van der Waals surface area contributed by atoms with Gasteiger partial charge in [-0.2, -0.15) is 0 Å². The predicted octanol–water partition coefficient (Wildman–Crippen LogP) is 3.44. The zero-order chi connectivity index (χ0) is 15.9. The van der Waals surface area contributed by atoms with Crippen molar-refractivity contribution in [3.63, 3.8) is 0 Å². The Bertz CT molecular complexity index is 565. The largest absolute Gasteiger partial charge is 0.356 e. The minimum Gasteiger partial charge on any atom is -0.356 e. The number of fused-ring (bicyclic) bond motifs is 1. The van der Waals surface area contributed by atoms with E-state index in [0.29, 0.717) is 6.42 Å². The topological polar surface area (TPSA) is 32.3 Å². The first-order valence-corrected chi connectivity index (χ1v) is 9.05. The van der Waals surface area contributed by atoms with E-state index in [1.165, 1.54) is 42.4 Å². The Morgan fingerprint density at radius 3 is 2.83 bits per heavy atom. The molecule has 1 aliphatic carbocycles. The van der Waals surface area contributed by atoms with Gasteiger partial charge in [0.15, 0.2) is 0 Å². The van der Waals surface area contributed by atoms with Gasteiger partial charge in [0, 0.05) is 32.6 Å². The zero-order valence-electron chi connectivity index (χ0n) is 14.0. The van der Waals surface area contributed by atoms with Crippen LogP contribution in [0, 0.1) is 0 Å². The number of hydrogen-bond acceptors (Lipinski definition) is 2. The monoisotopic (exact) mass is 312 g/mol. The second-order valence-corrected chi connectivity index (χ2v) is 6.75. The number of carbonyl (C=O) groups excluding carboxylic acids is 1. The second-order valence-electron chi connectivity index (χ2n) is 6.75. The Morgan fingerprint density at radius 1 is 1.13 bits per heavy atom. The summed E-state index contributed by atoms with van der Waals surface area (Å²) in [6.45, 7) is 3.71. The molecule has 124 valence electrons. The summed E-state index contributed by atoms with van der Waals surface area (Å²) >= 11 is 0. The van der Waals surface area contributed by atoms with Crippen molar-refractivity contribution in [3.8, 4) is 0 Å². The lowest BCUT2D eigenvalue weighted by atomic mass is 9.97. The van der Waals surface area contributed by atoms with E-state index < -0.39 is 0 Å². The summed E-state index contributed by atoms with van der Waals surface area (Å²) in [5.41, 5.74) is 4.42. The summed E-state index contributed by atoms with van der Waals surface area (Å²) in [5.74, 6) is 0.195. The maximum atomic E-state index is 12.0. The van der Waals surface area contributed by atoms with Crippen molar-refractivity contribution in [1.82, 2.24) is 10.2 Å². The summed E-state index contributed by atoms with van der Waals surface area (Å²) in [6.07, 6.45) is 10.2. The highest BCUT2D eigenvalue weighted by Gasteiger charge is 2.16. The summed E-state index contributed by atoms with van der Waals surface area (Å²) < 4.78 is 0. The molecular formula is C20H28N2O. The fraction of sp³-hybridized carbons (Fsp3) is 0.550. The third-order valence-electron chi connectivity index (χ3n) is 5.02. The van der Waals surface area contributed by atoms with E-state index in [4.69, 9.17) is 0 Å². The van der Waals surface area contributed by atoms with Gasteiger partial charge in [0.25, 0.3) is 0 Å². The molecule has 1 aromatic rings. The molecular weight excluding hydrogens is 284 g/mol. The van der Waals surface area contributed by atoms with Gasteiger partial charge in [-0.25, -0.2) is 0 Å². The molecule has 0 radical (unpaired) electrons. The van der Waals surface area contributed by atoms with Crippen LogP contribution < -0.4 is 5.32 Å². The molecule has 2 aliphatic rings. The lowest BCUT2D eigenvalue weighted by Gasteiger charge is -2.28. The number of rotatable bonds is 6. The van der Waals surface area contributed by atoms with Crippen molar-refractivity contribution in [2.24, 2.45) is 0 Å². The van der Waals surface area contributed by atoms with Gasteiger partial charge in [0.05, 0.1) is 0 Å². The molecule has 3 nitrogen and oxygen atoms in total. The quantitative estimate of drug-likeness (QED) is 0.816. The first-order chi connectivity index (χ1) is 11.3. The summed E-state index contributed by atoms with van der Waals surface area (Å²) in [4.78, 5) is 14.4. The molecule has 1 amide bonds. The van der Waals surface area contributed by atoms with Crippen molar-refractivity contribution in [3.05, 3.63) is 47.0 Å². The maximum Gasteiger partial charge on any atom is 0.221 e. The second kappa shape index (κ2) is 8.30. The molecule has 1 heterocycles. The van der Waals surface area contributed by atoms with Gasteiger partial charge >= 0.3 is 0 Å². The molecule has 0 atom stereocenters. The number of carbonyl (C=O) groups is 1. The van der Waals surface area contributed by atoms with Crippen molar-refractivity contribution < 1.29 is 4.79 Å². The average Bonchev–Trinajstić information content (AvgIpc) is 2.61. The van der Waals surface area contributed by atoms with Gasteiger partial charge < -0.3 is 5.32 Å². The molecule has 1 aromatic carbocycles. The molecule has 0 unspecified atom stereocenters. The number of nitrogens with one attached hydrogen (secondary N) is 1. The molecule has 0 spiro atoms.